The van der Waals surface area contributed by atoms with Gasteiger partial charge in [-0.05, 0) is 19.4 Å². The zero-order valence-electron chi connectivity index (χ0n) is 10.9. The molecule has 0 spiro atoms. The third-order valence-electron chi connectivity index (χ3n) is 2.74. The molecule has 0 aromatic carbocycles. The van der Waals surface area contributed by atoms with E-state index in [2.05, 4.69) is 16.5 Å². The summed E-state index contributed by atoms with van der Waals surface area (Å²) in [6, 6.07) is 1.83. The van der Waals surface area contributed by atoms with E-state index >= 15 is 0 Å². The van der Waals surface area contributed by atoms with Crippen LogP contribution in [0, 0.1) is 0 Å². The highest BCUT2D eigenvalue weighted by Gasteiger charge is 2.17. The average molecular weight is 312 g/mol. The normalized spacial score (nSPS) is 12.5. The number of imidazole rings is 1. The summed E-state index contributed by atoms with van der Waals surface area (Å²) in [6.45, 7) is 5.75. The SMILES string of the molecule is C=CCC(C)n1c(SCC(=O)O)nc2cc(Cl)cnc21. The van der Waals surface area contributed by atoms with Gasteiger partial charge in [0, 0.05) is 12.2 Å². The number of thioether (sulfide) groups is 1. The molecule has 106 valence electrons. The largest absolute Gasteiger partial charge is 0.481 e. The Bertz CT molecular complexity index is 656. The maximum Gasteiger partial charge on any atom is 0.313 e. The fourth-order valence-corrected chi connectivity index (χ4v) is 2.88. The molecule has 0 aliphatic carbocycles. The Morgan fingerprint density at radius 2 is 2.45 bits per heavy atom. The number of fused-ring (bicyclic) bond motifs is 1. The van der Waals surface area contributed by atoms with Gasteiger partial charge >= 0.3 is 5.97 Å². The van der Waals surface area contributed by atoms with E-state index in [4.69, 9.17) is 16.7 Å². The molecular weight excluding hydrogens is 298 g/mol. The Morgan fingerprint density at radius 1 is 1.70 bits per heavy atom. The van der Waals surface area contributed by atoms with E-state index in [0.29, 0.717) is 21.3 Å². The van der Waals surface area contributed by atoms with Crippen LogP contribution in [0.2, 0.25) is 5.02 Å². The smallest absolute Gasteiger partial charge is 0.313 e. The van der Waals surface area contributed by atoms with E-state index < -0.39 is 5.97 Å². The Balaban J connectivity index is 2.49. The van der Waals surface area contributed by atoms with Crippen molar-refractivity contribution in [3.63, 3.8) is 0 Å². The van der Waals surface area contributed by atoms with E-state index in [1.54, 1.807) is 12.3 Å². The number of nitrogens with zero attached hydrogens (tertiary/aromatic N) is 3. The lowest BCUT2D eigenvalue weighted by Crippen LogP contribution is -2.08. The molecule has 0 aliphatic heterocycles. The average Bonchev–Trinajstić information content (AvgIpc) is 2.74. The number of aromatic nitrogens is 3. The summed E-state index contributed by atoms with van der Waals surface area (Å²) >= 11 is 7.10. The van der Waals surface area contributed by atoms with Gasteiger partial charge in [-0.15, -0.1) is 6.58 Å². The molecule has 0 aliphatic rings. The van der Waals surface area contributed by atoms with Crippen molar-refractivity contribution in [1.82, 2.24) is 14.5 Å². The second kappa shape index (κ2) is 6.28. The number of pyridine rings is 1. The summed E-state index contributed by atoms with van der Waals surface area (Å²) in [6.07, 6.45) is 4.13. The molecular formula is C13H14ClN3O2S. The van der Waals surface area contributed by atoms with Crippen molar-refractivity contribution < 1.29 is 9.90 Å². The number of aliphatic carboxylic acids is 1. The van der Waals surface area contributed by atoms with Crippen LogP contribution in [0.3, 0.4) is 0 Å². The molecule has 0 saturated heterocycles. The minimum Gasteiger partial charge on any atom is -0.481 e. The topological polar surface area (TPSA) is 68.0 Å². The summed E-state index contributed by atoms with van der Waals surface area (Å²) in [7, 11) is 0. The van der Waals surface area contributed by atoms with Gasteiger partial charge in [-0.3, -0.25) is 4.79 Å². The van der Waals surface area contributed by atoms with Gasteiger partial charge in [-0.1, -0.05) is 29.4 Å². The van der Waals surface area contributed by atoms with Gasteiger partial charge in [0.05, 0.1) is 10.8 Å². The molecule has 0 bridgehead atoms. The first-order chi connectivity index (χ1) is 9.52. The lowest BCUT2D eigenvalue weighted by Gasteiger charge is -2.14. The molecule has 1 atom stereocenters. The highest BCUT2D eigenvalue weighted by Crippen LogP contribution is 2.29. The van der Waals surface area contributed by atoms with E-state index in [0.717, 1.165) is 6.42 Å². The Morgan fingerprint density at radius 3 is 3.10 bits per heavy atom. The predicted molar refractivity (Wildman–Crippen MR) is 80.4 cm³/mol. The number of carbonyl (C=O) groups is 1. The Hall–Kier alpha value is -1.53. The molecule has 1 unspecified atom stereocenters. The molecule has 20 heavy (non-hydrogen) atoms. The lowest BCUT2D eigenvalue weighted by atomic mass is 10.2. The van der Waals surface area contributed by atoms with Crippen LogP contribution in [0.4, 0.5) is 0 Å². The van der Waals surface area contributed by atoms with Crippen LogP contribution < -0.4 is 0 Å². The van der Waals surface area contributed by atoms with Crippen molar-refractivity contribution in [2.75, 3.05) is 5.75 Å². The monoisotopic (exact) mass is 311 g/mol. The molecule has 2 aromatic rings. The second-order valence-corrected chi connectivity index (χ2v) is 5.70. The quantitative estimate of drug-likeness (QED) is 0.654. The van der Waals surface area contributed by atoms with Crippen LogP contribution >= 0.6 is 23.4 Å². The summed E-state index contributed by atoms with van der Waals surface area (Å²) in [5.41, 5.74) is 1.37. The first-order valence-electron chi connectivity index (χ1n) is 6.02. The van der Waals surface area contributed by atoms with Crippen LogP contribution in [0.15, 0.2) is 30.1 Å². The van der Waals surface area contributed by atoms with Crippen LogP contribution in [0.25, 0.3) is 11.2 Å². The van der Waals surface area contributed by atoms with E-state index in [-0.39, 0.29) is 11.8 Å². The third kappa shape index (κ3) is 3.13. The summed E-state index contributed by atoms with van der Waals surface area (Å²) < 4.78 is 1.93. The number of hydrogen-bond acceptors (Lipinski definition) is 4. The van der Waals surface area contributed by atoms with Crippen LogP contribution in [0.1, 0.15) is 19.4 Å². The van der Waals surface area contributed by atoms with Crippen molar-refractivity contribution in [2.24, 2.45) is 0 Å². The van der Waals surface area contributed by atoms with Crippen LogP contribution in [0.5, 0.6) is 0 Å². The lowest BCUT2D eigenvalue weighted by molar-refractivity contribution is -0.133. The minimum absolute atomic E-state index is 0.0438. The first kappa shape index (κ1) is 14.9. The van der Waals surface area contributed by atoms with Crippen LogP contribution in [-0.4, -0.2) is 31.4 Å². The number of allylic oxidation sites excluding steroid dienone is 1. The van der Waals surface area contributed by atoms with Gasteiger partial charge in [-0.25, -0.2) is 9.97 Å². The molecule has 0 saturated carbocycles. The summed E-state index contributed by atoms with van der Waals surface area (Å²) in [4.78, 5) is 19.5. The molecule has 2 aromatic heterocycles. The van der Waals surface area contributed by atoms with E-state index in [1.807, 2.05) is 17.6 Å². The van der Waals surface area contributed by atoms with Crippen LogP contribution in [-0.2, 0) is 4.79 Å². The number of hydrogen-bond donors (Lipinski definition) is 1. The first-order valence-corrected chi connectivity index (χ1v) is 7.38. The fourth-order valence-electron chi connectivity index (χ4n) is 1.91. The summed E-state index contributed by atoms with van der Waals surface area (Å²) in [5.74, 6) is -0.923. The molecule has 0 radical (unpaired) electrons. The molecule has 5 nitrogen and oxygen atoms in total. The van der Waals surface area contributed by atoms with Gasteiger partial charge in [0.25, 0.3) is 0 Å². The highest BCUT2D eigenvalue weighted by atomic mass is 35.5. The van der Waals surface area contributed by atoms with Gasteiger partial charge in [0.15, 0.2) is 10.8 Å². The number of halogens is 1. The molecule has 1 N–H and O–H groups in total. The number of carboxylic acid groups (broad SMARTS) is 1. The van der Waals surface area contributed by atoms with Crippen molar-refractivity contribution in [2.45, 2.75) is 24.5 Å². The van der Waals surface area contributed by atoms with Crippen molar-refractivity contribution >= 4 is 40.5 Å². The Kier molecular flexibility index (Phi) is 4.67. The predicted octanol–water partition coefficient (Wildman–Crippen LogP) is 3.40. The van der Waals surface area contributed by atoms with E-state index in [9.17, 15) is 4.79 Å². The maximum atomic E-state index is 10.7. The molecule has 2 rings (SSSR count). The number of carboxylic acids is 1. The Labute approximate surface area is 125 Å². The molecule has 7 heteroatoms. The molecule has 0 fully saturated rings. The van der Waals surface area contributed by atoms with E-state index in [1.165, 1.54) is 11.8 Å². The standard InChI is InChI=1S/C13H14ClN3O2S/c1-3-4-8(2)17-12-10(5-9(14)6-15-12)16-13(17)20-7-11(18)19/h3,5-6,8H,1,4,7H2,2H3,(H,18,19). The van der Waals surface area contributed by atoms with Crippen molar-refractivity contribution in [1.29, 1.82) is 0 Å². The zero-order chi connectivity index (χ0) is 14.7. The van der Waals surface area contributed by atoms with Gasteiger partial charge in [0.1, 0.15) is 5.52 Å². The highest BCUT2D eigenvalue weighted by molar-refractivity contribution is 7.99. The maximum absolute atomic E-state index is 10.7. The second-order valence-electron chi connectivity index (χ2n) is 4.32. The fraction of sp³-hybridized carbons (Fsp3) is 0.308. The van der Waals surface area contributed by atoms with Gasteiger partial charge in [-0.2, -0.15) is 0 Å². The van der Waals surface area contributed by atoms with Gasteiger partial charge in [0.2, 0.25) is 0 Å². The van der Waals surface area contributed by atoms with Crippen molar-refractivity contribution in [3.05, 3.63) is 29.9 Å². The van der Waals surface area contributed by atoms with Crippen molar-refractivity contribution in [3.8, 4) is 0 Å². The zero-order valence-corrected chi connectivity index (χ0v) is 12.5. The molecule has 0 amide bonds. The number of rotatable bonds is 6. The third-order valence-corrected chi connectivity index (χ3v) is 3.88. The minimum atomic E-state index is -0.879. The molecule has 2 heterocycles. The van der Waals surface area contributed by atoms with Gasteiger partial charge < -0.3 is 9.67 Å². The summed E-state index contributed by atoms with van der Waals surface area (Å²) in [5, 5.41) is 9.95.